The van der Waals surface area contributed by atoms with Crippen molar-refractivity contribution < 1.29 is 4.79 Å². The van der Waals surface area contributed by atoms with E-state index in [1.165, 1.54) is 51.4 Å². The van der Waals surface area contributed by atoms with E-state index in [0.717, 1.165) is 12.8 Å². The highest BCUT2D eigenvalue weighted by Gasteiger charge is 2.03. The second kappa shape index (κ2) is 12.7. The zero-order valence-corrected chi connectivity index (χ0v) is 12.3. The Kier molecular flexibility index (Phi) is 12.1. The molecule has 0 fully saturated rings. The fourth-order valence-electron chi connectivity index (χ4n) is 2.08. The maximum absolute atomic E-state index is 11.4. The summed E-state index contributed by atoms with van der Waals surface area (Å²) in [5, 5.41) is 0. The zero-order chi connectivity index (χ0) is 13.6. The molecule has 0 aliphatic rings. The molecule has 0 bridgehead atoms. The molecule has 106 valence electrons. The van der Waals surface area contributed by atoms with Crippen molar-refractivity contribution in [3.8, 4) is 0 Å². The average Bonchev–Trinajstić information content (AvgIpc) is 2.39. The van der Waals surface area contributed by atoms with Gasteiger partial charge >= 0.3 is 0 Å². The summed E-state index contributed by atoms with van der Waals surface area (Å²) < 4.78 is 0. The second-order valence-corrected chi connectivity index (χ2v) is 5.10. The average molecular weight is 253 g/mol. The number of hydrogen-bond acceptors (Lipinski definition) is 2. The summed E-state index contributed by atoms with van der Waals surface area (Å²) >= 11 is 0. The third kappa shape index (κ3) is 10.4. The van der Waals surface area contributed by atoms with Crippen LogP contribution in [0.15, 0.2) is 11.8 Å². The Balaban J connectivity index is 3.19. The van der Waals surface area contributed by atoms with Crippen molar-refractivity contribution in [2.24, 2.45) is 5.73 Å². The van der Waals surface area contributed by atoms with Gasteiger partial charge in [0.15, 0.2) is 5.78 Å². The minimum absolute atomic E-state index is 0.108. The van der Waals surface area contributed by atoms with Gasteiger partial charge in [0.25, 0.3) is 0 Å². The topological polar surface area (TPSA) is 43.1 Å². The number of ketones is 1. The molecule has 0 rings (SSSR count). The molecular weight excluding hydrogens is 222 g/mol. The van der Waals surface area contributed by atoms with Gasteiger partial charge in [0.2, 0.25) is 0 Å². The Morgan fingerprint density at radius 1 is 0.889 bits per heavy atom. The van der Waals surface area contributed by atoms with Crippen LogP contribution in [-0.2, 0) is 4.79 Å². The minimum Gasteiger partial charge on any atom is -0.396 e. The first-order valence-electron chi connectivity index (χ1n) is 7.67. The fraction of sp³-hybridized carbons (Fsp3) is 0.812. The van der Waals surface area contributed by atoms with Crippen molar-refractivity contribution in [1.82, 2.24) is 0 Å². The number of allylic oxidation sites excluding steroid dienone is 2. The lowest BCUT2D eigenvalue weighted by Gasteiger charge is -2.02. The molecule has 18 heavy (non-hydrogen) atoms. The molecule has 0 spiro atoms. The summed E-state index contributed by atoms with van der Waals surface area (Å²) in [6.07, 6.45) is 15.3. The van der Waals surface area contributed by atoms with E-state index in [2.05, 4.69) is 6.92 Å². The molecule has 0 radical (unpaired) electrons. The summed E-state index contributed by atoms with van der Waals surface area (Å²) in [6.45, 7) is 4.06. The fourth-order valence-corrected chi connectivity index (χ4v) is 2.08. The number of rotatable bonds is 12. The molecule has 0 unspecified atom stereocenters. The van der Waals surface area contributed by atoms with Crippen molar-refractivity contribution in [2.75, 3.05) is 0 Å². The first-order valence-corrected chi connectivity index (χ1v) is 7.67. The molecule has 0 heterocycles. The molecule has 0 aromatic carbocycles. The zero-order valence-electron chi connectivity index (χ0n) is 12.3. The third-order valence-corrected chi connectivity index (χ3v) is 3.39. The maximum atomic E-state index is 11.4. The summed E-state index contributed by atoms with van der Waals surface area (Å²) in [7, 11) is 0. The molecule has 0 saturated carbocycles. The number of Topliss-reactive ketones (excluding diaryl/α,β-unsaturated/α-hetero) is 1. The van der Waals surface area contributed by atoms with Crippen LogP contribution in [-0.4, -0.2) is 5.78 Å². The van der Waals surface area contributed by atoms with Crippen LogP contribution < -0.4 is 5.73 Å². The van der Waals surface area contributed by atoms with Crippen molar-refractivity contribution >= 4 is 5.78 Å². The molecule has 0 aromatic heterocycles. The van der Waals surface area contributed by atoms with Gasteiger partial charge in [-0.3, -0.25) is 4.79 Å². The van der Waals surface area contributed by atoms with Crippen LogP contribution in [0, 0.1) is 0 Å². The van der Waals surface area contributed by atoms with Gasteiger partial charge in [-0.2, -0.15) is 0 Å². The van der Waals surface area contributed by atoms with Crippen LogP contribution in [0.2, 0.25) is 0 Å². The second-order valence-electron chi connectivity index (χ2n) is 5.10. The predicted molar refractivity (Wildman–Crippen MR) is 79.4 cm³/mol. The lowest BCUT2D eigenvalue weighted by atomic mass is 10.0. The summed E-state index contributed by atoms with van der Waals surface area (Å²) in [5.74, 6) is 0.108. The molecule has 0 atom stereocenters. The molecule has 0 aliphatic carbocycles. The van der Waals surface area contributed by atoms with Crippen molar-refractivity contribution in [3.63, 3.8) is 0 Å². The highest BCUT2D eigenvalue weighted by molar-refractivity contribution is 5.94. The van der Waals surface area contributed by atoms with E-state index >= 15 is 0 Å². The van der Waals surface area contributed by atoms with E-state index < -0.39 is 0 Å². The molecule has 0 aromatic rings. The Morgan fingerprint density at radius 3 is 1.78 bits per heavy atom. The Bertz CT molecular complexity index is 233. The molecule has 0 amide bonds. The Hall–Kier alpha value is -0.790. The van der Waals surface area contributed by atoms with E-state index in [0.29, 0.717) is 12.1 Å². The monoisotopic (exact) mass is 253 g/mol. The largest absolute Gasteiger partial charge is 0.396 e. The van der Waals surface area contributed by atoms with Gasteiger partial charge in [-0.05, 0) is 13.3 Å². The predicted octanol–water partition coefficient (Wildman–Crippen LogP) is 4.73. The number of nitrogens with two attached hydrogens (primary N) is 1. The van der Waals surface area contributed by atoms with Crippen LogP contribution in [0.1, 0.15) is 84.5 Å². The van der Waals surface area contributed by atoms with E-state index in [1.54, 1.807) is 6.08 Å². The van der Waals surface area contributed by atoms with E-state index in [4.69, 9.17) is 5.73 Å². The minimum atomic E-state index is 0.108. The molecule has 0 saturated heterocycles. The van der Waals surface area contributed by atoms with Gasteiger partial charge in [-0.15, -0.1) is 0 Å². The number of unbranched alkanes of at least 4 members (excludes halogenated alkanes) is 9. The van der Waals surface area contributed by atoms with Crippen LogP contribution in [0.3, 0.4) is 0 Å². The van der Waals surface area contributed by atoms with Crippen molar-refractivity contribution in [2.45, 2.75) is 84.5 Å². The smallest absolute Gasteiger partial charge is 0.178 e. The number of carbonyl (C=O) groups is 1. The van der Waals surface area contributed by atoms with Gasteiger partial charge in [0, 0.05) is 6.42 Å². The first-order chi connectivity index (χ1) is 8.72. The van der Waals surface area contributed by atoms with E-state index in [-0.39, 0.29) is 5.78 Å². The van der Waals surface area contributed by atoms with Gasteiger partial charge in [0.05, 0.1) is 5.70 Å². The lowest BCUT2D eigenvalue weighted by Crippen LogP contribution is -2.10. The number of hydrogen-bond donors (Lipinski definition) is 1. The number of carbonyl (C=O) groups excluding carboxylic acids is 1. The molecule has 2 N–H and O–H groups in total. The van der Waals surface area contributed by atoms with E-state index in [9.17, 15) is 4.79 Å². The van der Waals surface area contributed by atoms with Crippen LogP contribution >= 0.6 is 0 Å². The quantitative estimate of drug-likeness (QED) is 0.403. The first kappa shape index (κ1) is 17.2. The van der Waals surface area contributed by atoms with Crippen LogP contribution in [0.5, 0.6) is 0 Å². The van der Waals surface area contributed by atoms with Crippen molar-refractivity contribution in [1.29, 1.82) is 0 Å². The van der Waals surface area contributed by atoms with Gasteiger partial charge in [-0.1, -0.05) is 70.8 Å². The summed E-state index contributed by atoms with van der Waals surface area (Å²) in [4.78, 5) is 11.4. The Morgan fingerprint density at radius 2 is 1.33 bits per heavy atom. The normalized spacial score (nSPS) is 11.8. The standard InChI is InChI=1S/C16H31NO/c1-3-5-6-7-8-9-10-11-12-13-14-16(18)15(17)4-2/h4H,3,5-14,17H2,1-2H3/b15-4+. The molecule has 0 aliphatic heterocycles. The Labute approximate surface area is 113 Å². The van der Waals surface area contributed by atoms with Gasteiger partial charge in [-0.25, -0.2) is 0 Å². The lowest BCUT2D eigenvalue weighted by molar-refractivity contribution is -0.115. The molecular formula is C16H31NO. The highest BCUT2D eigenvalue weighted by atomic mass is 16.1. The van der Waals surface area contributed by atoms with Gasteiger partial charge < -0.3 is 5.73 Å². The highest BCUT2D eigenvalue weighted by Crippen LogP contribution is 2.11. The van der Waals surface area contributed by atoms with Crippen LogP contribution in [0.4, 0.5) is 0 Å². The summed E-state index contributed by atoms with van der Waals surface area (Å²) in [5.41, 5.74) is 5.97. The van der Waals surface area contributed by atoms with Gasteiger partial charge in [0.1, 0.15) is 0 Å². The van der Waals surface area contributed by atoms with Crippen molar-refractivity contribution in [3.05, 3.63) is 11.8 Å². The molecule has 2 nitrogen and oxygen atoms in total. The summed E-state index contributed by atoms with van der Waals surface area (Å²) in [6, 6.07) is 0. The van der Waals surface area contributed by atoms with E-state index in [1.807, 2.05) is 6.92 Å². The third-order valence-electron chi connectivity index (χ3n) is 3.39. The molecule has 2 heteroatoms. The van der Waals surface area contributed by atoms with Crippen LogP contribution in [0.25, 0.3) is 0 Å². The SMILES string of the molecule is C/C=C(/N)C(=O)CCCCCCCCCCCC. The maximum Gasteiger partial charge on any atom is 0.178 e.